The van der Waals surface area contributed by atoms with Crippen molar-refractivity contribution >= 4 is 32.3 Å². The Morgan fingerprint density at radius 2 is 1.69 bits per heavy atom. The normalized spacial score (nSPS) is 16.5. The van der Waals surface area contributed by atoms with E-state index in [-0.39, 0.29) is 12.3 Å². The average Bonchev–Trinajstić information content (AvgIpc) is 3.19. The molecule has 0 amide bonds. The highest BCUT2D eigenvalue weighted by Gasteiger charge is 2.25. The zero-order chi connectivity index (χ0) is 24.3. The Morgan fingerprint density at radius 1 is 0.971 bits per heavy atom. The third-order valence-electron chi connectivity index (χ3n) is 6.12. The third kappa shape index (κ3) is 5.34. The maximum atomic E-state index is 13.0. The molecule has 3 heterocycles. The van der Waals surface area contributed by atoms with Gasteiger partial charge >= 0.3 is 0 Å². The van der Waals surface area contributed by atoms with Crippen molar-refractivity contribution in [3.05, 3.63) is 53.4 Å². The summed E-state index contributed by atoms with van der Waals surface area (Å²) in [6, 6.07) is 12.0. The first kappa shape index (κ1) is 23.8. The Labute approximate surface area is 209 Å². The minimum atomic E-state index is -3.48. The van der Waals surface area contributed by atoms with Gasteiger partial charge in [-0.15, -0.1) is 11.3 Å². The molecular weight excluding hydrogens is 486 g/mol. The van der Waals surface area contributed by atoms with E-state index in [4.69, 9.17) is 9.47 Å². The van der Waals surface area contributed by atoms with E-state index < -0.39 is 10.0 Å². The Bertz CT molecular complexity index is 1300. The molecule has 35 heavy (non-hydrogen) atoms. The molecule has 1 fully saturated rings. The Hall–Kier alpha value is -2.95. The fraction of sp³-hybridized carbons (Fsp3) is 0.360. The van der Waals surface area contributed by atoms with Gasteiger partial charge in [-0.3, -0.25) is 4.79 Å². The van der Waals surface area contributed by atoms with Gasteiger partial charge in [0.2, 0.25) is 10.0 Å². The van der Waals surface area contributed by atoms with Gasteiger partial charge < -0.3 is 14.8 Å². The van der Waals surface area contributed by atoms with Crippen molar-refractivity contribution in [3.8, 4) is 22.8 Å². The Balaban J connectivity index is 1.22. The lowest BCUT2D eigenvalue weighted by molar-refractivity contribution is 0.100. The number of rotatable bonds is 7. The smallest absolute Gasteiger partial charge is 0.243 e. The van der Waals surface area contributed by atoms with Gasteiger partial charge in [0.1, 0.15) is 13.2 Å². The van der Waals surface area contributed by atoms with E-state index in [0.717, 1.165) is 36.9 Å². The molecule has 1 saturated heterocycles. The standard InChI is InChI=1S/C25H27N3O5S2/c29-22(19-7-10-23-24(15-19)33-14-13-32-23)16-26-25-27-21(17-34-25)18-5-8-20(9-6-18)35(30,31)28-11-3-1-2-4-12-28/h5-10,15,17H,1-4,11-14,16H2,(H,26,27). The Morgan fingerprint density at radius 3 is 2.43 bits per heavy atom. The first-order chi connectivity index (χ1) is 17.0. The first-order valence-electron chi connectivity index (χ1n) is 11.7. The number of ketones is 1. The molecule has 1 aromatic heterocycles. The molecule has 0 unspecified atom stereocenters. The van der Waals surface area contributed by atoms with Gasteiger partial charge in [-0.2, -0.15) is 4.31 Å². The molecule has 2 aliphatic heterocycles. The number of fused-ring (bicyclic) bond motifs is 1. The van der Waals surface area contributed by atoms with Gasteiger partial charge in [0, 0.05) is 29.6 Å². The van der Waals surface area contributed by atoms with Crippen LogP contribution in [-0.2, 0) is 10.0 Å². The van der Waals surface area contributed by atoms with Crippen molar-refractivity contribution in [1.82, 2.24) is 9.29 Å². The number of carbonyl (C=O) groups excluding carboxylic acids is 1. The van der Waals surface area contributed by atoms with Crippen LogP contribution < -0.4 is 14.8 Å². The highest BCUT2D eigenvalue weighted by atomic mass is 32.2. The molecule has 0 atom stereocenters. The summed E-state index contributed by atoms with van der Waals surface area (Å²) >= 11 is 1.39. The molecule has 2 aromatic carbocycles. The van der Waals surface area contributed by atoms with Gasteiger partial charge in [-0.1, -0.05) is 25.0 Å². The highest BCUT2D eigenvalue weighted by molar-refractivity contribution is 7.89. The molecule has 0 aliphatic carbocycles. The molecule has 0 saturated carbocycles. The fourth-order valence-electron chi connectivity index (χ4n) is 4.19. The quantitative estimate of drug-likeness (QED) is 0.467. The summed E-state index contributed by atoms with van der Waals surface area (Å²) in [6.45, 7) is 2.23. The van der Waals surface area contributed by atoms with Crippen LogP contribution in [0, 0.1) is 0 Å². The molecular formula is C25H27N3O5S2. The number of Topliss-reactive ketones (excluding diaryl/α,β-unsaturated/α-hetero) is 1. The monoisotopic (exact) mass is 513 g/mol. The lowest BCUT2D eigenvalue weighted by atomic mass is 10.1. The first-order valence-corrected chi connectivity index (χ1v) is 14.1. The number of benzene rings is 2. The summed E-state index contributed by atoms with van der Waals surface area (Å²) in [6.07, 6.45) is 3.97. The molecule has 184 valence electrons. The van der Waals surface area contributed by atoms with E-state index in [0.29, 0.717) is 53.4 Å². The highest BCUT2D eigenvalue weighted by Crippen LogP contribution is 2.31. The van der Waals surface area contributed by atoms with Crippen LogP contribution in [0.1, 0.15) is 36.0 Å². The van der Waals surface area contributed by atoms with Crippen LogP contribution in [-0.4, -0.2) is 56.3 Å². The molecule has 0 spiro atoms. The van der Waals surface area contributed by atoms with Crippen LogP contribution >= 0.6 is 11.3 Å². The maximum Gasteiger partial charge on any atom is 0.243 e. The van der Waals surface area contributed by atoms with Gasteiger partial charge in [0.15, 0.2) is 22.4 Å². The SMILES string of the molecule is O=C(CNc1nc(-c2ccc(S(=O)(=O)N3CCCCCC3)cc2)cs1)c1ccc2c(c1)OCCO2. The van der Waals surface area contributed by atoms with Crippen LogP contribution in [0.25, 0.3) is 11.3 Å². The number of sulfonamides is 1. The summed E-state index contributed by atoms with van der Waals surface area (Å²) < 4.78 is 38.6. The van der Waals surface area contributed by atoms with E-state index in [9.17, 15) is 13.2 Å². The predicted molar refractivity (Wildman–Crippen MR) is 135 cm³/mol. The van der Waals surface area contributed by atoms with Crippen LogP contribution in [0.4, 0.5) is 5.13 Å². The van der Waals surface area contributed by atoms with Crippen molar-refractivity contribution in [2.45, 2.75) is 30.6 Å². The summed E-state index contributed by atoms with van der Waals surface area (Å²) in [7, 11) is -3.48. The second kappa shape index (κ2) is 10.3. The van der Waals surface area contributed by atoms with E-state index in [1.54, 1.807) is 46.8 Å². The van der Waals surface area contributed by atoms with Gasteiger partial charge in [0.25, 0.3) is 0 Å². The topological polar surface area (TPSA) is 97.8 Å². The maximum absolute atomic E-state index is 13.0. The average molecular weight is 514 g/mol. The molecule has 8 nitrogen and oxygen atoms in total. The van der Waals surface area contributed by atoms with Crippen LogP contribution in [0.3, 0.4) is 0 Å². The van der Waals surface area contributed by atoms with Gasteiger partial charge in [0.05, 0.1) is 17.1 Å². The summed E-state index contributed by atoms with van der Waals surface area (Å²) in [5, 5.41) is 5.58. The number of thiazole rings is 1. The predicted octanol–water partition coefficient (Wildman–Crippen LogP) is 4.44. The van der Waals surface area contributed by atoms with Crippen molar-refractivity contribution < 1.29 is 22.7 Å². The summed E-state index contributed by atoms with van der Waals surface area (Å²) in [4.78, 5) is 17.5. The van der Waals surface area contributed by atoms with Crippen molar-refractivity contribution in [2.75, 3.05) is 38.2 Å². The lowest BCUT2D eigenvalue weighted by Gasteiger charge is -2.19. The van der Waals surface area contributed by atoms with E-state index in [1.807, 2.05) is 5.38 Å². The zero-order valence-electron chi connectivity index (χ0n) is 19.2. The number of nitrogens with zero attached hydrogens (tertiary/aromatic N) is 2. The molecule has 10 heteroatoms. The number of anilines is 1. The third-order valence-corrected chi connectivity index (χ3v) is 8.83. The second-order valence-corrected chi connectivity index (χ2v) is 11.3. The molecule has 3 aromatic rings. The minimum Gasteiger partial charge on any atom is -0.486 e. The number of hydrogen-bond acceptors (Lipinski definition) is 8. The van der Waals surface area contributed by atoms with Crippen molar-refractivity contribution in [1.29, 1.82) is 0 Å². The van der Waals surface area contributed by atoms with E-state index >= 15 is 0 Å². The Kier molecular flexibility index (Phi) is 7.03. The van der Waals surface area contributed by atoms with Gasteiger partial charge in [-0.05, 0) is 43.2 Å². The number of ether oxygens (including phenoxy) is 2. The van der Waals surface area contributed by atoms with E-state index in [1.165, 1.54) is 11.3 Å². The van der Waals surface area contributed by atoms with E-state index in [2.05, 4.69) is 10.3 Å². The molecule has 1 N–H and O–H groups in total. The molecule has 0 radical (unpaired) electrons. The number of carbonyl (C=O) groups is 1. The minimum absolute atomic E-state index is 0.0817. The largest absolute Gasteiger partial charge is 0.486 e. The van der Waals surface area contributed by atoms with Crippen LogP contribution in [0.15, 0.2) is 52.7 Å². The number of aromatic nitrogens is 1. The second-order valence-electron chi connectivity index (χ2n) is 8.52. The summed E-state index contributed by atoms with van der Waals surface area (Å²) in [5.74, 6) is 1.15. The lowest BCUT2D eigenvalue weighted by Crippen LogP contribution is -2.31. The fourth-order valence-corrected chi connectivity index (χ4v) is 6.43. The van der Waals surface area contributed by atoms with Crippen molar-refractivity contribution in [3.63, 3.8) is 0 Å². The van der Waals surface area contributed by atoms with Crippen molar-refractivity contribution in [2.24, 2.45) is 0 Å². The molecule has 5 rings (SSSR count). The number of nitrogens with one attached hydrogen (secondary N) is 1. The molecule has 2 aliphatic rings. The number of hydrogen-bond donors (Lipinski definition) is 1. The summed E-state index contributed by atoms with van der Waals surface area (Å²) in [5.41, 5.74) is 2.09. The van der Waals surface area contributed by atoms with Crippen LogP contribution in [0.2, 0.25) is 0 Å². The molecule has 0 bridgehead atoms. The van der Waals surface area contributed by atoms with Crippen LogP contribution in [0.5, 0.6) is 11.5 Å². The zero-order valence-corrected chi connectivity index (χ0v) is 20.9. The van der Waals surface area contributed by atoms with Gasteiger partial charge in [-0.25, -0.2) is 13.4 Å².